The monoisotopic (exact) mass is 969 g/mol. The first-order chi connectivity index (χ1) is 34.3. The number of rotatable bonds is 11. The van der Waals surface area contributed by atoms with Gasteiger partial charge < -0.3 is 44.6 Å². The number of aromatic amines is 2. The second-order valence-corrected chi connectivity index (χ2v) is 22.9. The largest absolute Gasteiger partial charge is 0.453 e. The Labute approximate surface area is 417 Å². The van der Waals surface area contributed by atoms with E-state index in [1.807, 2.05) is 49.9 Å². The SMILES string of the molecule is COC(=O)NC(C(=O)N1CCCC1c1ncc(-c2ccc(-c3ccc(-c4cnc(C5C6CCC(C6)N5C(=O)C(NC(=O)OC)C(C)C)[nH]4)c4c3CC3(CCOCC3)C4)c3c2CC2(CCCC2)C3)[nH]1)C(C)C. The van der Waals surface area contributed by atoms with Gasteiger partial charge in [-0.2, -0.15) is 0 Å². The number of likely N-dealkylation sites (tertiary alicyclic amines) is 2. The third-order valence-corrected chi connectivity index (χ3v) is 18.1. The zero-order valence-electron chi connectivity index (χ0n) is 42.5. The van der Waals surface area contributed by atoms with Crippen molar-refractivity contribution in [2.24, 2.45) is 28.6 Å². The summed E-state index contributed by atoms with van der Waals surface area (Å²) in [6, 6.07) is 7.72. The molecule has 4 N–H and O–H groups in total. The molecule has 71 heavy (non-hydrogen) atoms. The first-order valence-electron chi connectivity index (χ1n) is 26.6. The van der Waals surface area contributed by atoms with E-state index < -0.39 is 24.3 Å². The van der Waals surface area contributed by atoms with E-state index in [0.29, 0.717) is 12.5 Å². The van der Waals surface area contributed by atoms with Gasteiger partial charge in [-0.25, -0.2) is 19.6 Å². The normalized spacial score (nSPS) is 24.5. The Morgan fingerprint density at radius 1 is 0.662 bits per heavy atom. The molecule has 2 aromatic heterocycles. The van der Waals surface area contributed by atoms with Gasteiger partial charge >= 0.3 is 12.2 Å². The van der Waals surface area contributed by atoms with Gasteiger partial charge in [-0.3, -0.25) is 9.59 Å². The van der Waals surface area contributed by atoms with Crippen LogP contribution in [0.25, 0.3) is 33.6 Å². The molecule has 2 spiro atoms. The highest BCUT2D eigenvalue weighted by Gasteiger charge is 2.52. The minimum atomic E-state index is -0.693. The molecule has 6 unspecified atom stereocenters. The van der Waals surface area contributed by atoms with Crippen molar-refractivity contribution < 1.29 is 33.4 Å². The standard InChI is InChI=1S/C56H72N8O7/c1-31(2)46(61-53(67)69-5)51(65)63-21-9-10-45(63)49-57-29-43(59-49)37-15-13-35(39-25-55(27-41(37)39)17-7-8-18-55)36-14-16-38(42-28-56(26-40(36)42)19-22-71-23-20-56)44-30-58-50(60-44)48-33-11-12-34(24-33)64(48)52(66)47(32(3)4)62-54(68)70-6/h13-16,29-34,45-48H,7-12,17-28H2,1-6H3,(H,57,59)(H,58,60)(H,61,67)(H,62,68). The molecule has 3 saturated heterocycles. The number of hydrogen-bond donors (Lipinski definition) is 4. The van der Waals surface area contributed by atoms with Gasteiger partial charge in [0.2, 0.25) is 11.8 Å². The molecule has 4 aliphatic carbocycles. The number of ether oxygens (including phenoxy) is 3. The van der Waals surface area contributed by atoms with Gasteiger partial charge in [0.15, 0.2) is 0 Å². The Kier molecular flexibility index (Phi) is 12.6. The Morgan fingerprint density at radius 2 is 1.17 bits per heavy atom. The van der Waals surface area contributed by atoms with Crippen molar-refractivity contribution in [3.63, 3.8) is 0 Å². The molecule has 15 heteroatoms. The molecule has 7 aliphatic rings. The molecular formula is C56H72N8O7. The van der Waals surface area contributed by atoms with Gasteiger partial charge in [0.05, 0.1) is 50.1 Å². The minimum absolute atomic E-state index is 0.0725. The smallest absolute Gasteiger partial charge is 0.407 e. The lowest BCUT2D eigenvalue weighted by molar-refractivity contribution is -0.139. The molecule has 4 amide bonds. The summed E-state index contributed by atoms with van der Waals surface area (Å²) < 4.78 is 15.8. The number of piperidine rings is 1. The van der Waals surface area contributed by atoms with Crippen LogP contribution in [0.4, 0.5) is 9.59 Å². The maximum atomic E-state index is 14.4. The number of H-pyrrole nitrogens is 2. The fraction of sp³-hybridized carbons (Fsp3) is 0.607. The summed E-state index contributed by atoms with van der Waals surface area (Å²) in [7, 11) is 2.65. The van der Waals surface area contributed by atoms with Crippen molar-refractivity contribution in [1.29, 1.82) is 0 Å². The van der Waals surface area contributed by atoms with Gasteiger partial charge in [0.25, 0.3) is 0 Å². The zero-order valence-corrected chi connectivity index (χ0v) is 42.5. The van der Waals surface area contributed by atoms with Gasteiger partial charge in [0, 0.05) is 36.9 Å². The molecule has 378 valence electrons. The van der Waals surface area contributed by atoms with Crippen molar-refractivity contribution in [3.8, 4) is 33.6 Å². The topological polar surface area (TPSA) is 184 Å². The quantitative estimate of drug-likeness (QED) is 0.114. The van der Waals surface area contributed by atoms with E-state index in [2.05, 4.69) is 44.9 Å². The molecule has 2 bridgehead atoms. The van der Waals surface area contributed by atoms with E-state index in [0.717, 1.165) is 107 Å². The number of fused-ring (bicyclic) bond motifs is 4. The number of amides is 4. The van der Waals surface area contributed by atoms with Crippen LogP contribution >= 0.6 is 0 Å². The van der Waals surface area contributed by atoms with Crippen LogP contribution in [0.1, 0.15) is 144 Å². The first-order valence-corrected chi connectivity index (χ1v) is 26.6. The number of hydrogen-bond acceptors (Lipinski definition) is 9. The number of benzene rings is 2. The number of carbonyl (C=O) groups is 4. The lowest BCUT2D eigenvalue weighted by atomic mass is 9.77. The number of alkyl carbamates (subject to hydrolysis) is 2. The second-order valence-electron chi connectivity index (χ2n) is 22.9. The van der Waals surface area contributed by atoms with E-state index in [1.54, 1.807) is 0 Å². The number of aromatic nitrogens is 4. The molecule has 2 saturated carbocycles. The van der Waals surface area contributed by atoms with Crippen molar-refractivity contribution in [1.82, 2.24) is 40.4 Å². The van der Waals surface area contributed by atoms with Crippen LogP contribution in [0.2, 0.25) is 0 Å². The predicted molar refractivity (Wildman–Crippen MR) is 268 cm³/mol. The third kappa shape index (κ3) is 8.41. The van der Waals surface area contributed by atoms with Gasteiger partial charge in [-0.05, 0) is 145 Å². The average molecular weight is 969 g/mol. The number of nitrogens with zero attached hydrogens (tertiary/aromatic N) is 4. The molecule has 15 nitrogen and oxygen atoms in total. The fourth-order valence-electron chi connectivity index (χ4n) is 14.4. The highest BCUT2D eigenvalue weighted by atomic mass is 16.5. The van der Waals surface area contributed by atoms with E-state index in [1.165, 1.54) is 84.4 Å². The molecule has 5 heterocycles. The van der Waals surface area contributed by atoms with Crippen molar-refractivity contribution in [2.75, 3.05) is 34.0 Å². The van der Waals surface area contributed by atoms with E-state index in [4.69, 9.17) is 24.2 Å². The van der Waals surface area contributed by atoms with Gasteiger partial charge in [-0.1, -0.05) is 64.8 Å². The van der Waals surface area contributed by atoms with Gasteiger partial charge in [-0.15, -0.1) is 0 Å². The highest BCUT2D eigenvalue weighted by Crippen LogP contribution is 2.56. The van der Waals surface area contributed by atoms with Crippen LogP contribution in [0.5, 0.6) is 0 Å². The second kappa shape index (κ2) is 18.7. The molecule has 6 atom stereocenters. The highest BCUT2D eigenvalue weighted by molar-refractivity contribution is 5.88. The molecule has 5 fully saturated rings. The summed E-state index contributed by atoms with van der Waals surface area (Å²) in [6.45, 7) is 9.95. The minimum Gasteiger partial charge on any atom is -0.453 e. The Hall–Kier alpha value is -5.70. The predicted octanol–water partition coefficient (Wildman–Crippen LogP) is 9.16. The van der Waals surface area contributed by atoms with E-state index in [9.17, 15) is 19.2 Å². The maximum Gasteiger partial charge on any atom is 0.407 e. The Bertz CT molecular complexity index is 2710. The van der Waals surface area contributed by atoms with Crippen LogP contribution < -0.4 is 10.6 Å². The summed E-state index contributed by atoms with van der Waals surface area (Å²) in [5.41, 5.74) is 13.1. The van der Waals surface area contributed by atoms with Crippen LogP contribution in [0.15, 0.2) is 36.7 Å². The summed E-state index contributed by atoms with van der Waals surface area (Å²) in [6.07, 6.45) is 18.5. The summed E-state index contributed by atoms with van der Waals surface area (Å²) in [5, 5.41) is 5.60. The van der Waals surface area contributed by atoms with Gasteiger partial charge in [0.1, 0.15) is 23.7 Å². The molecule has 3 aliphatic heterocycles. The molecule has 4 aromatic rings. The maximum absolute atomic E-state index is 14.4. The van der Waals surface area contributed by atoms with Crippen molar-refractivity contribution in [2.45, 2.75) is 154 Å². The number of imidazole rings is 2. The third-order valence-electron chi connectivity index (χ3n) is 18.1. The number of methoxy groups -OCH3 is 2. The molecule has 2 aromatic carbocycles. The molecular weight excluding hydrogens is 897 g/mol. The van der Waals surface area contributed by atoms with Crippen molar-refractivity contribution >= 4 is 24.0 Å². The zero-order chi connectivity index (χ0) is 49.3. The molecule has 0 radical (unpaired) electrons. The van der Waals surface area contributed by atoms with Crippen LogP contribution in [-0.4, -0.2) is 106 Å². The lowest BCUT2D eigenvalue weighted by Gasteiger charge is -2.37. The van der Waals surface area contributed by atoms with E-state index >= 15 is 0 Å². The molecule has 11 rings (SSSR count). The first kappa shape index (κ1) is 47.6. The fourth-order valence-corrected chi connectivity index (χ4v) is 14.4. The number of carbonyl (C=O) groups excluding carboxylic acids is 4. The van der Waals surface area contributed by atoms with E-state index in [-0.39, 0.29) is 52.6 Å². The summed E-state index contributed by atoms with van der Waals surface area (Å²) in [4.78, 5) is 74.5. The van der Waals surface area contributed by atoms with Crippen molar-refractivity contribution in [3.05, 3.63) is 70.6 Å². The lowest BCUT2D eigenvalue weighted by Crippen LogP contribution is -2.54. The Balaban J connectivity index is 0.939. The Morgan fingerprint density at radius 3 is 1.73 bits per heavy atom. The summed E-state index contributed by atoms with van der Waals surface area (Å²) in [5.74, 6) is 1.50. The van der Waals surface area contributed by atoms with Crippen LogP contribution in [0.3, 0.4) is 0 Å². The van der Waals surface area contributed by atoms with Crippen LogP contribution in [-0.2, 0) is 49.5 Å². The summed E-state index contributed by atoms with van der Waals surface area (Å²) >= 11 is 0. The number of nitrogens with one attached hydrogen (secondary N) is 4. The average Bonchev–Trinajstić information content (AvgIpc) is 4.22. The van der Waals surface area contributed by atoms with Crippen LogP contribution in [0, 0.1) is 28.6 Å².